The summed E-state index contributed by atoms with van der Waals surface area (Å²) in [5.41, 5.74) is 4.93. The zero-order chi connectivity index (χ0) is 25.1. The largest absolute Gasteiger partial charge is 0.271 e. The molecule has 3 rings (SSSR count). The monoisotopic (exact) mass is 517 g/mol. The van der Waals surface area contributed by atoms with Gasteiger partial charge in [0.15, 0.2) is 0 Å². The molecule has 0 aromatic heterocycles. The van der Waals surface area contributed by atoms with Crippen molar-refractivity contribution in [3.05, 3.63) is 59.1 Å². The first-order valence-electron chi connectivity index (χ1n) is 12.6. The van der Waals surface area contributed by atoms with Gasteiger partial charge in [-0.2, -0.15) is 5.10 Å². The van der Waals surface area contributed by atoms with Crippen molar-refractivity contribution in [2.24, 2.45) is 5.10 Å². The lowest BCUT2D eigenvalue weighted by Crippen LogP contribution is -2.39. The number of halogens is 1. The normalized spacial score (nSPS) is 16.0. The van der Waals surface area contributed by atoms with Crippen LogP contribution in [0.2, 0.25) is 5.02 Å². The number of carbonyl (C=O) groups is 1. The van der Waals surface area contributed by atoms with Crippen LogP contribution < -0.4 is 9.73 Å². The molecule has 1 saturated carbocycles. The van der Waals surface area contributed by atoms with E-state index in [0.29, 0.717) is 10.7 Å². The van der Waals surface area contributed by atoms with Gasteiger partial charge in [-0.3, -0.25) is 9.10 Å². The number of hydrogen-bond donors (Lipinski definition) is 1. The van der Waals surface area contributed by atoms with E-state index in [9.17, 15) is 13.2 Å². The molecule has 190 valence electrons. The molecule has 0 spiro atoms. The molecule has 0 bridgehead atoms. The number of benzene rings is 2. The van der Waals surface area contributed by atoms with Crippen molar-refractivity contribution in [1.29, 1.82) is 0 Å². The molecule has 1 N–H and O–H groups in total. The number of hydrazone groups is 1. The number of nitrogens with zero attached hydrogens (tertiary/aromatic N) is 2. The number of aryl methyl sites for hydroxylation is 1. The fourth-order valence-corrected chi connectivity index (χ4v) is 5.75. The summed E-state index contributed by atoms with van der Waals surface area (Å²) in [7, 11) is -3.97. The first kappa shape index (κ1) is 27.2. The van der Waals surface area contributed by atoms with E-state index in [4.69, 9.17) is 11.6 Å². The van der Waals surface area contributed by atoms with Gasteiger partial charge in [-0.05, 0) is 69.0 Å². The van der Waals surface area contributed by atoms with Crippen molar-refractivity contribution >= 4 is 38.9 Å². The van der Waals surface area contributed by atoms with Crippen LogP contribution in [-0.2, 0) is 14.8 Å². The second kappa shape index (κ2) is 13.6. The van der Waals surface area contributed by atoms with Crippen LogP contribution >= 0.6 is 11.6 Å². The molecule has 0 aliphatic heterocycles. The summed E-state index contributed by atoms with van der Waals surface area (Å²) in [6.07, 6.45) is 12.6. The minimum atomic E-state index is -3.97. The number of rotatable bonds is 6. The van der Waals surface area contributed by atoms with E-state index in [-0.39, 0.29) is 11.4 Å². The second-order valence-corrected chi connectivity index (χ2v) is 11.5. The van der Waals surface area contributed by atoms with Crippen molar-refractivity contribution in [3.8, 4) is 0 Å². The van der Waals surface area contributed by atoms with Gasteiger partial charge < -0.3 is 0 Å². The highest BCUT2D eigenvalue weighted by molar-refractivity contribution is 7.92. The summed E-state index contributed by atoms with van der Waals surface area (Å²) in [6, 6.07) is 13.0. The summed E-state index contributed by atoms with van der Waals surface area (Å²) in [4.78, 5) is 13.0. The van der Waals surface area contributed by atoms with Crippen LogP contribution in [0, 0.1) is 6.92 Å². The van der Waals surface area contributed by atoms with E-state index < -0.39 is 15.9 Å². The van der Waals surface area contributed by atoms with Crippen molar-refractivity contribution in [3.63, 3.8) is 0 Å². The third-order valence-electron chi connectivity index (χ3n) is 6.28. The highest BCUT2D eigenvalue weighted by atomic mass is 35.5. The zero-order valence-corrected chi connectivity index (χ0v) is 22.1. The standard InChI is InChI=1S/C27H36ClN3O3S/c1-22-13-19-26(20-14-22)35(33,34)31(25-17-15-23(28)16-18-25)21-27(32)30-29-24-11-9-7-5-3-2-4-6-8-10-12-24/h13-20H,2-12,21H2,1H3,(H,30,32). The fourth-order valence-electron chi connectivity index (χ4n) is 4.20. The van der Waals surface area contributed by atoms with Crippen molar-refractivity contribution in [2.45, 2.75) is 82.4 Å². The number of sulfonamides is 1. The lowest BCUT2D eigenvalue weighted by atomic mass is 10.00. The van der Waals surface area contributed by atoms with Crippen LogP contribution in [0.15, 0.2) is 58.5 Å². The Morgan fingerprint density at radius 2 is 1.37 bits per heavy atom. The lowest BCUT2D eigenvalue weighted by Gasteiger charge is -2.24. The predicted octanol–water partition coefficient (Wildman–Crippen LogP) is 6.62. The van der Waals surface area contributed by atoms with E-state index in [2.05, 4.69) is 10.5 Å². The number of amides is 1. The van der Waals surface area contributed by atoms with Crippen LogP contribution in [-0.4, -0.2) is 26.6 Å². The van der Waals surface area contributed by atoms with Crippen LogP contribution in [0.4, 0.5) is 5.69 Å². The van der Waals surface area contributed by atoms with Gasteiger partial charge in [-0.25, -0.2) is 13.8 Å². The molecule has 1 aliphatic rings. The van der Waals surface area contributed by atoms with Gasteiger partial charge in [0.05, 0.1) is 10.6 Å². The van der Waals surface area contributed by atoms with E-state index >= 15 is 0 Å². The van der Waals surface area contributed by atoms with Gasteiger partial charge in [0, 0.05) is 10.7 Å². The molecule has 2 aromatic rings. The molecule has 1 amide bonds. The molecule has 6 nitrogen and oxygen atoms in total. The third-order valence-corrected chi connectivity index (χ3v) is 8.32. The molecular formula is C27H36ClN3O3S. The summed E-state index contributed by atoms with van der Waals surface area (Å²) >= 11 is 6.01. The predicted molar refractivity (Wildman–Crippen MR) is 144 cm³/mol. The molecular weight excluding hydrogens is 482 g/mol. The molecule has 2 aromatic carbocycles. The maximum absolute atomic E-state index is 13.5. The summed E-state index contributed by atoms with van der Waals surface area (Å²) in [5, 5.41) is 4.90. The van der Waals surface area contributed by atoms with E-state index in [0.717, 1.165) is 41.3 Å². The van der Waals surface area contributed by atoms with Crippen molar-refractivity contribution in [1.82, 2.24) is 5.43 Å². The molecule has 0 atom stereocenters. The van der Waals surface area contributed by atoms with E-state index in [1.807, 2.05) is 6.92 Å². The fraction of sp³-hybridized carbons (Fsp3) is 0.481. The Labute approximate surface area is 214 Å². The smallest absolute Gasteiger partial charge is 0.264 e. The Kier molecular flexibility index (Phi) is 10.6. The Balaban J connectivity index is 1.75. The third kappa shape index (κ3) is 8.65. The summed E-state index contributed by atoms with van der Waals surface area (Å²) < 4.78 is 28.0. The second-order valence-electron chi connectivity index (χ2n) is 9.20. The van der Waals surface area contributed by atoms with Crippen LogP contribution in [0.25, 0.3) is 0 Å². The lowest BCUT2D eigenvalue weighted by molar-refractivity contribution is -0.119. The Morgan fingerprint density at radius 1 is 0.857 bits per heavy atom. The van der Waals surface area contributed by atoms with Crippen LogP contribution in [0.1, 0.15) is 76.2 Å². The Morgan fingerprint density at radius 3 is 1.91 bits per heavy atom. The zero-order valence-electron chi connectivity index (χ0n) is 20.5. The summed E-state index contributed by atoms with van der Waals surface area (Å²) in [6.45, 7) is 1.51. The number of carbonyl (C=O) groups excluding carboxylic acids is 1. The highest BCUT2D eigenvalue weighted by Gasteiger charge is 2.27. The van der Waals surface area contributed by atoms with Gasteiger partial charge >= 0.3 is 0 Å². The molecule has 0 unspecified atom stereocenters. The van der Waals surface area contributed by atoms with Crippen molar-refractivity contribution in [2.75, 3.05) is 10.8 Å². The average Bonchev–Trinajstić information content (AvgIpc) is 2.83. The molecule has 0 saturated heterocycles. The summed E-state index contributed by atoms with van der Waals surface area (Å²) in [5.74, 6) is -0.478. The number of nitrogens with one attached hydrogen (secondary N) is 1. The molecule has 0 heterocycles. The first-order valence-corrected chi connectivity index (χ1v) is 14.4. The topological polar surface area (TPSA) is 78.8 Å². The maximum atomic E-state index is 13.5. The SMILES string of the molecule is Cc1ccc(S(=O)(=O)N(CC(=O)NN=C2CCCCCCCCCCC2)c2ccc(Cl)cc2)cc1. The average molecular weight is 518 g/mol. The van der Waals surface area contributed by atoms with Gasteiger partial charge in [0.1, 0.15) is 6.54 Å². The van der Waals surface area contributed by atoms with Gasteiger partial charge in [0.25, 0.3) is 15.9 Å². The number of anilines is 1. The molecule has 35 heavy (non-hydrogen) atoms. The van der Waals surface area contributed by atoms with Gasteiger partial charge in [0.2, 0.25) is 0 Å². The maximum Gasteiger partial charge on any atom is 0.264 e. The van der Waals surface area contributed by atoms with E-state index in [1.165, 1.54) is 44.9 Å². The van der Waals surface area contributed by atoms with Crippen LogP contribution in [0.3, 0.4) is 0 Å². The molecule has 0 radical (unpaired) electrons. The molecule has 1 aliphatic carbocycles. The quantitative estimate of drug-likeness (QED) is 0.437. The van der Waals surface area contributed by atoms with Crippen molar-refractivity contribution < 1.29 is 13.2 Å². The van der Waals surface area contributed by atoms with Crippen LogP contribution in [0.5, 0.6) is 0 Å². The van der Waals surface area contributed by atoms with Gasteiger partial charge in [-0.15, -0.1) is 0 Å². The molecule has 8 heteroatoms. The first-order chi connectivity index (χ1) is 16.9. The van der Waals surface area contributed by atoms with Gasteiger partial charge in [-0.1, -0.05) is 74.2 Å². The minimum absolute atomic E-state index is 0.122. The minimum Gasteiger partial charge on any atom is -0.271 e. The number of hydrogen-bond acceptors (Lipinski definition) is 4. The molecule has 1 fully saturated rings. The highest BCUT2D eigenvalue weighted by Crippen LogP contribution is 2.25. The Bertz CT molecular complexity index is 1070. The van der Waals surface area contributed by atoms with E-state index in [1.54, 1.807) is 48.5 Å². The Hall–Kier alpha value is -2.38.